The highest BCUT2D eigenvalue weighted by atomic mass is 79.9. The average molecular weight is 355 g/mol. The van der Waals surface area contributed by atoms with E-state index < -0.39 is 0 Å². The largest absolute Gasteiger partial charge is 0.379 e. The molecule has 0 aromatic carbocycles. The average Bonchev–Trinajstić information content (AvgIpc) is 2.46. The lowest BCUT2D eigenvalue weighted by atomic mass is 10.3. The van der Waals surface area contributed by atoms with Crippen molar-refractivity contribution in [3.8, 4) is 0 Å². The van der Waals surface area contributed by atoms with Crippen LogP contribution >= 0.6 is 43.2 Å². The van der Waals surface area contributed by atoms with Crippen LogP contribution < -0.4 is 0 Å². The Kier molecular flexibility index (Phi) is 4.64. The lowest BCUT2D eigenvalue weighted by Crippen LogP contribution is -2.29. The first-order chi connectivity index (χ1) is 7.24. The molecular weight excluding hydrogens is 342 g/mol. The number of halogens is 2. The van der Waals surface area contributed by atoms with Crippen molar-refractivity contribution in [3.05, 3.63) is 20.8 Å². The molecular formula is C10H13Br2NOS. The number of ether oxygens (including phenoxy) is 1. The Balaban J connectivity index is 1.92. The van der Waals surface area contributed by atoms with Crippen LogP contribution in [0.2, 0.25) is 0 Å². The van der Waals surface area contributed by atoms with E-state index in [0.717, 1.165) is 32.8 Å². The summed E-state index contributed by atoms with van der Waals surface area (Å²) in [7, 11) is 0. The van der Waals surface area contributed by atoms with Crippen molar-refractivity contribution in [3.63, 3.8) is 0 Å². The molecule has 0 spiro atoms. The van der Waals surface area contributed by atoms with E-state index in [4.69, 9.17) is 4.74 Å². The molecule has 1 aromatic rings. The van der Waals surface area contributed by atoms with Crippen molar-refractivity contribution < 1.29 is 4.74 Å². The Hall–Kier alpha value is 0.580. The van der Waals surface area contributed by atoms with Crippen LogP contribution in [0.1, 0.15) is 4.88 Å². The van der Waals surface area contributed by atoms with Crippen LogP contribution in [-0.2, 0) is 11.3 Å². The molecule has 2 nitrogen and oxygen atoms in total. The van der Waals surface area contributed by atoms with Gasteiger partial charge in [0.05, 0.1) is 21.8 Å². The topological polar surface area (TPSA) is 12.5 Å². The van der Waals surface area contributed by atoms with E-state index in [-0.39, 0.29) is 0 Å². The maximum atomic E-state index is 5.49. The summed E-state index contributed by atoms with van der Waals surface area (Å²) in [6.07, 6.45) is 0. The van der Waals surface area contributed by atoms with Crippen LogP contribution in [-0.4, -0.2) is 36.0 Å². The van der Waals surface area contributed by atoms with E-state index >= 15 is 0 Å². The van der Waals surface area contributed by atoms with Crippen LogP contribution in [0.5, 0.6) is 0 Å². The van der Waals surface area contributed by atoms with E-state index in [1.54, 1.807) is 0 Å². The second kappa shape index (κ2) is 5.77. The van der Waals surface area contributed by atoms with Crippen LogP contribution in [0.15, 0.2) is 15.9 Å². The molecule has 1 unspecified atom stereocenters. The van der Waals surface area contributed by atoms with Crippen LogP contribution in [0, 0.1) is 0 Å². The zero-order valence-electron chi connectivity index (χ0n) is 8.29. The highest BCUT2D eigenvalue weighted by Gasteiger charge is 2.16. The predicted molar refractivity (Wildman–Crippen MR) is 70.8 cm³/mol. The SMILES string of the molecule is Brc1ccc(CN2CCOCC(Br)C2)s1. The molecule has 1 fully saturated rings. The Labute approximate surface area is 111 Å². The van der Waals surface area contributed by atoms with Gasteiger partial charge in [0, 0.05) is 24.5 Å². The van der Waals surface area contributed by atoms with Gasteiger partial charge in [-0.1, -0.05) is 15.9 Å². The van der Waals surface area contributed by atoms with Crippen LogP contribution in [0.3, 0.4) is 0 Å². The number of thiophene rings is 1. The molecule has 15 heavy (non-hydrogen) atoms. The summed E-state index contributed by atoms with van der Waals surface area (Å²) >= 11 is 8.92. The Morgan fingerprint density at radius 3 is 3.13 bits per heavy atom. The summed E-state index contributed by atoms with van der Waals surface area (Å²) in [5.74, 6) is 0. The molecule has 1 aliphatic rings. The number of alkyl halides is 1. The Morgan fingerprint density at radius 1 is 1.53 bits per heavy atom. The monoisotopic (exact) mass is 353 g/mol. The molecule has 0 saturated carbocycles. The third-order valence-electron chi connectivity index (χ3n) is 2.32. The molecule has 0 aliphatic carbocycles. The summed E-state index contributed by atoms with van der Waals surface area (Å²) in [5.41, 5.74) is 0. The van der Waals surface area contributed by atoms with Gasteiger partial charge in [0.15, 0.2) is 0 Å². The maximum Gasteiger partial charge on any atom is 0.0701 e. The molecule has 2 rings (SSSR count). The Bertz CT molecular complexity index is 318. The van der Waals surface area contributed by atoms with Crippen molar-refractivity contribution in [1.29, 1.82) is 0 Å². The van der Waals surface area contributed by atoms with Crippen molar-refractivity contribution in [2.75, 3.05) is 26.3 Å². The van der Waals surface area contributed by atoms with Gasteiger partial charge in [-0.2, -0.15) is 0 Å². The zero-order valence-corrected chi connectivity index (χ0v) is 12.3. The molecule has 2 heterocycles. The molecule has 1 saturated heterocycles. The molecule has 5 heteroatoms. The van der Waals surface area contributed by atoms with Crippen LogP contribution in [0.4, 0.5) is 0 Å². The van der Waals surface area contributed by atoms with E-state index in [2.05, 4.69) is 48.9 Å². The third-order valence-corrected chi connectivity index (χ3v) is 4.48. The van der Waals surface area contributed by atoms with Crippen LogP contribution in [0.25, 0.3) is 0 Å². The van der Waals surface area contributed by atoms with Gasteiger partial charge in [0.2, 0.25) is 0 Å². The van der Waals surface area contributed by atoms with Crippen molar-refractivity contribution in [2.45, 2.75) is 11.4 Å². The van der Waals surface area contributed by atoms with Gasteiger partial charge >= 0.3 is 0 Å². The van der Waals surface area contributed by atoms with E-state index in [9.17, 15) is 0 Å². The molecule has 0 amide bonds. The molecule has 0 N–H and O–H groups in total. The van der Waals surface area contributed by atoms with Gasteiger partial charge in [-0.15, -0.1) is 11.3 Å². The molecule has 0 radical (unpaired) electrons. The van der Waals surface area contributed by atoms with Gasteiger partial charge in [0.1, 0.15) is 0 Å². The lowest BCUT2D eigenvalue weighted by Gasteiger charge is -2.19. The minimum absolute atomic E-state index is 0.461. The van der Waals surface area contributed by atoms with Gasteiger partial charge in [-0.25, -0.2) is 0 Å². The highest BCUT2D eigenvalue weighted by molar-refractivity contribution is 9.11. The number of nitrogens with zero attached hydrogens (tertiary/aromatic N) is 1. The van der Waals surface area contributed by atoms with E-state index in [0.29, 0.717) is 4.83 Å². The van der Waals surface area contributed by atoms with E-state index in [1.165, 1.54) is 8.66 Å². The molecule has 1 atom stereocenters. The second-order valence-corrected chi connectivity index (χ2v) is 7.46. The van der Waals surface area contributed by atoms with Crippen molar-refractivity contribution in [2.24, 2.45) is 0 Å². The Morgan fingerprint density at radius 2 is 2.40 bits per heavy atom. The quantitative estimate of drug-likeness (QED) is 0.756. The lowest BCUT2D eigenvalue weighted by molar-refractivity contribution is 0.142. The number of hydrogen-bond acceptors (Lipinski definition) is 3. The van der Waals surface area contributed by atoms with Crippen molar-refractivity contribution in [1.82, 2.24) is 4.90 Å². The van der Waals surface area contributed by atoms with Gasteiger partial charge in [-0.05, 0) is 28.1 Å². The summed E-state index contributed by atoms with van der Waals surface area (Å²) in [4.78, 5) is 4.30. The normalized spacial score (nSPS) is 24.0. The van der Waals surface area contributed by atoms with Gasteiger partial charge in [-0.3, -0.25) is 4.90 Å². The summed E-state index contributed by atoms with van der Waals surface area (Å²) in [6, 6.07) is 4.30. The minimum Gasteiger partial charge on any atom is -0.379 e. The number of hydrogen-bond donors (Lipinski definition) is 0. The first-order valence-electron chi connectivity index (χ1n) is 4.92. The summed E-state index contributed by atoms with van der Waals surface area (Å²) in [5, 5.41) is 0. The smallest absolute Gasteiger partial charge is 0.0701 e. The summed E-state index contributed by atoms with van der Waals surface area (Å²) < 4.78 is 6.69. The highest BCUT2D eigenvalue weighted by Crippen LogP contribution is 2.23. The minimum atomic E-state index is 0.461. The molecule has 0 bridgehead atoms. The fourth-order valence-corrected chi connectivity index (χ4v) is 3.75. The fourth-order valence-electron chi connectivity index (χ4n) is 1.63. The first kappa shape index (κ1) is 12.0. The maximum absolute atomic E-state index is 5.49. The van der Waals surface area contributed by atoms with Crippen molar-refractivity contribution >= 4 is 43.2 Å². The molecule has 1 aromatic heterocycles. The molecule has 1 aliphatic heterocycles. The fraction of sp³-hybridized carbons (Fsp3) is 0.600. The third kappa shape index (κ3) is 3.82. The summed E-state index contributed by atoms with van der Waals surface area (Å²) in [6.45, 7) is 4.79. The van der Waals surface area contributed by atoms with Gasteiger partial charge < -0.3 is 4.74 Å². The standard InChI is InChI=1S/C10H13Br2NOS/c11-8-5-13(3-4-14-7-8)6-9-1-2-10(12)15-9/h1-2,8H,3-7H2. The zero-order chi connectivity index (χ0) is 10.7. The second-order valence-electron chi connectivity index (χ2n) is 3.61. The predicted octanol–water partition coefficient (Wildman–Crippen LogP) is 3.11. The molecule has 84 valence electrons. The first-order valence-corrected chi connectivity index (χ1v) is 7.45. The van der Waals surface area contributed by atoms with Gasteiger partial charge in [0.25, 0.3) is 0 Å². The van der Waals surface area contributed by atoms with E-state index in [1.807, 2.05) is 11.3 Å². The number of rotatable bonds is 2.